The van der Waals surface area contributed by atoms with Crippen LogP contribution in [0.25, 0.3) is 0 Å². The van der Waals surface area contributed by atoms with Crippen LogP contribution in [0.15, 0.2) is 49.1 Å². The van der Waals surface area contributed by atoms with E-state index in [2.05, 4.69) is 25.6 Å². The number of halogens is 2. The van der Waals surface area contributed by atoms with Gasteiger partial charge in [-0.25, -0.2) is 9.97 Å². The molecule has 1 aromatic carbocycles. The third-order valence-electron chi connectivity index (χ3n) is 3.01. The number of anilines is 5. The maximum Gasteiger partial charge on any atom is 0.159 e. The monoisotopic (exact) mass is 346 g/mol. The van der Waals surface area contributed by atoms with E-state index < -0.39 is 0 Å². The van der Waals surface area contributed by atoms with Gasteiger partial charge >= 0.3 is 0 Å². The van der Waals surface area contributed by atoms with E-state index >= 15 is 0 Å². The van der Waals surface area contributed by atoms with Gasteiger partial charge < -0.3 is 16.4 Å². The second-order valence-electron chi connectivity index (χ2n) is 4.60. The number of aromatic nitrogens is 3. The van der Waals surface area contributed by atoms with Crippen LogP contribution >= 0.6 is 23.2 Å². The van der Waals surface area contributed by atoms with Gasteiger partial charge in [0.2, 0.25) is 0 Å². The lowest BCUT2D eigenvalue weighted by atomic mass is 10.3. The average molecular weight is 347 g/mol. The molecule has 3 rings (SSSR count). The first kappa shape index (κ1) is 15.3. The first-order valence-corrected chi connectivity index (χ1v) is 7.38. The van der Waals surface area contributed by atoms with Crippen LogP contribution in [0.1, 0.15) is 0 Å². The van der Waals surface area contributed by atoms with E-state index in [9.17, 15) is 0 Å². The number of nitrogen functional groups attached to an aromatic ring is 1. The first-order chi connectivity index (χ1) is 11.1. The van der Waals surface area contributed by atoms with Gasteiger partial charge in [-0.15, -0.1) is 0 Å². The van der Waals surface area contributed by atoms with Gasteiger partial charge in [0, 0.05) is 23.8 Å². The summed E-state index contributed by atoms with van der Waals surface area (Å²) >= 11 is 11.9. The second kappa shape index (κ2) is 6.68. The molecule has 8 heteroatoms. The van der Waals surface area contributed by atoms with Crippen LogP contribution in [0.4, 0.5) is 28.7 Å². The summed E-state index contributed by atoms with van der Waals surface area (Å²) in [6.07, 6.45) is 4.77. The summed E-state index contributed by atoms with van der Waals surface area (Å²) < 4.78 is 0. The Hall–Kier alpha value is -2.57. The molecule has 0 aliphatic rings. The number of nitrogens with two attached hydrogens (primary N) is 1. The van der Waals surface area contributed by atoms with Crippen LogP contribution in [0, 0.1) is 0 Å². The van der Waals surface area contributed by atoms with Crippen LogP contribution in [0.5, 0.6) is 0 Å². The molecule has 2 aromatic heterocycles. The van der Waals surface area contributed by atoms with Gasteiger partial charge in [-0.2, -0.15) is 0 Å². The predicted molar refractivity (Wildman–Crippen MR) is 93.7 cm³/mol. The van der Waals surface area contributed by atoms with E-state index in [1.165, 1.54) is 6.33 Å². The largest absolute Gasteiger partial charge is 0.393 e. The normalized spacial score (nSPS) is 10.3. The molecule has 4 N–H and O–H groups in total. The number of nitrogens with one attached hydrogen (secondary N) is 2. The molecule has 0 unspecified atom stereocenters. The van der Waals surface area contributed by atoms with Crippen LogP contribution in [0.2, 0.25) is 10.0 Å². The molecule has 0 amide bonds. The summed E-state index contributed by atoms with van der Waals surface area (Å²) in [5.41, 5.74) is 8.05. The zero-order valence-corrected chi connectivity index (χ0v) is 13.3. The molecule has 3 aromatic rings. The average Bonchev–Trinajstić information content (AvgIpc) is 2.56. The van der Waals surface area contributed by atoms with Crippen LogP contribution < -0.4 is 16.4 Å². The van der Waals surface area contributed by atoms with Crippen molar-refractivity contribution < 1.29 is 0 Å². The number of benzene rings is 1. The molecule has 116 valence electrons. The highest BCUT2D eigenvalue weighted by Gasteiger charge is 2.09. The molecule has 23 heavy (non-hydrogen) atoms. The predicted octanol–water partition coefficient (Wildman–Crippen LogP) is 4.25. The van der Waals surface area contributed by atoms with Gasteiger partial charge in [-0.1, -0.05) is 23.2 Å². The van der Waals surface area contributed by atoms with Crippen molar-refractivity contribution in [2.75, 3.05) is 16.4 Å². The SMILES string of the molecule is Nc1c(Nc2ccncc2)ncnc1Nc1ccc(Cl)c(Cl)c1. The van der Waals surface area contributed by atoms with Crippen LogP contribution in [-0.2, 0) is 0 Å². The quantitative estimate of drug-likeness (QED) is 0.654. The number of pyridine rings is 1. The van der Waals surface area contributed by atoms with Crippen LogP contribution in [-0.4, -0.2) is 15.0 Å². The lowest BCUT2D eigenvalue weighted by Crippen LogP contribution is -2.05. The summed E-state index contributed by atoms with van der Waals surface area (Å²) in [6.45, 7) is 0. The summed E-state index contributed by atoms with van der Waals surface area (Å²) in [6, 6.07) is 8.80. The first-order valence-electron chi connectivity index (χ1n) is 6.63. The maximum atomic E-state index is 6.12. The Kier molecular flexibility index (Phi) is 4.45. The minimum Gasteiger partial charge on any atom is -0.393 e. The van der Waals surface area contributed by atoms with Gasteiger partial charge in [-0.05, 0) is 30.3 Å². The van der Waals surface area contributed by atoms with E-state index in [1.54, 1.807) is 30.6 Å². The van der Waals surface area contributed by atoms with E-state index in [4.69, 9.17) is 28.9 Å². The van der Waals surface area contributed by atoms with Crippen molar-refractivity contribution in [3.8, 4) is 0 Å². The van der Waals surface area contributed by atoms with E-state index in [1.807, 2.05) is 12.1 Å². The lowest BCUT2D eigenvalue weighted by molar-refractivity contribution is 1.17. The fourth-order valence-corrected chi connectivity index (χ4v) is 2.18. The van der Waals surface area contributed by atoms with Gasteiger partial charge in [0.25, 0.3) is 0 Å². The van der Waals surface area contributed by atoms with Crippen molar-refractivity contribution in [2.24, 2.45) is 0 Å². The smallest absolute Gasteiger partial charge is 0.159 e. The summed E-state index contributed by atoms with van der Waals surface area (Å²) in [5.74, 6) is 0.962. The van der Waals surface area contributed by atoms with Crippen LogP contribution in [0.3, 0.4) is 0 Å². The second-order valence-corrected chi connectivity index (χ2v) is 5.41. The van der Waals surface area contributed by atoms with Crippen molar-refractivity contribution in [3.05, 3.63) is 59.1 Å². The highest BCUT2D eigenvalue weighted by atomic mass is 35.5. The highest BCUT2D eigenvalue weighted by Crippen LogP contribution is 2.30. The van der Waals surface area contributed by atoms with Crippen molar-refractivity contribution in [3.63, 3.8) is 0 Å². The third-order valence-corrected chi connectivity index (χ3v) is 3.75. The molecule has 0 saturated carbocycles. The highest BCUT2D eigenvalue weighted by molar-refractivity contribution is 6.42. The molecule has 0 atom stereocenters. The van der Waals surface area contributed by atoms with Crippen molar-refractivity contribution in [1.29, 1.82) is 0 Å². The van der Waals surface area contributed by atoms with Crippen molar-refractivity contribution >= 4 is 51.9 Å². The fourth-order valence-electron chi connectivity index (χ4n) is 1.88. The molecule has 0 bridgehead atoms. The Bertz CT molecular complexity index is 825. The molecule has 2 heterocycles. The molecule has 6 nitrogen and oxygen atoms in total. The molecule has 0 fully saturated rings. The topological polar surface area (TPSA) is 88.8 Å². The molecule has 0 saturated heterocycles. The molecule has 0 spiro atoms. The zero-order chi connectivity index (χ0) is 16.2. The molecule has 0 radical (unpaired) electrons. The van der Waals surface area contributed by atoms with Crippen molar-refractivity contribution in [1.82, 2.24) is 15.0 Å². The summed E-state index contributed by atoms with van der Waals surface area (Å²) in [7, 11) is 0. The van der Waals surface area contributed by atoms with Crippen molar-refractivity contribution in [2.45, 2.75) is 0 Å². The van der Waals surface area contributed by atoms with E-state index in [-0.39, 0.29) is 0 Å². The summed E-state index contributed by atoms with van der Waals surface area (Å²) in [4.78, 5) is 12.3. The van der Waals surface area contributed by atoms with Gasteiger partial charge in [0.05, 0.1) is 10.0 Å². The minimum absolute atomic E-state index is 0.385. The van der Waals surface area contributed by atoms with Gasteiger partial charge in [0.1, 0.15) is 12.0 Å². The third kappa shape index (κ3) is 3.61. The van der Waals surface area contributed by atoms with E-state index in [0.717, 1.165) is 11.4 Å². The Morgan fingerprint density at radius 2 is 1.48 bits per heavy atom. The maximum absolute atomic E-state index is 6.12. The summed E-state index contributed by atoms with van der Waals surface area (Å²) in [5, 5.41) is 7.13. The molecular weight excluding hydrogens is 335 g/mol. The van der Waals surface area contributed by atoms with E-state index in [0.29, 0.717) is 27.4 Å². The minimum atomic E-state index is 0.385. The number of rotatable bonds is 4. The Morgan fingerprint density at radius 3 is 2.13 bits per heavy atom. The molecule has 0 aliphatic heterocycles. The Balaban J connectivity index is 1.86. The van der Waals surface area contributed by atoms with Gasteiger partial charge in [0.15, 0.2) is 11.6 Å². The van der Waals surface area contributed by atoms with Gasteiger partial charge in [-0.3, -0.25) is 4.98 Å². The number of hydrogen-bond donors (Lipinski definition) is 3. The molecular formula is C15H12Cl2N6. The Labute approximate surface area is 142 Å². The number of hydrogen-bond acceptors (Lipinski definition) is 6. The zero-order valence-electron chi connectivity index (χ0n) is 11.8. The lowest BCUT2D eigenvalue weighted by Gasteiger charge is -2.12. The standard InChI is InChI=1S/C15H12Cl2N6/c16-11-2-1-10(7-12(11)17)23-15-13(18)14(20-8-21-15)22-9-3-5-19-6-4-9/h1-8H,18H2,(H2,19,20,21,22,23). The number of nitrogens with zero attached hydrogens (tertiary/aromatic N) is 3. The Morgan fingerprint density at radius 1 is 0.826 bits per heavy atom. The fraction of sp³-hybridized carbons (Fsp3) is 0. The molecule has 0 aliphatic carbocycles.